The second kappa shape index (κ2) is 12.8. The maximum absolute atomic E-state index is 12.6. The number of benzene rings is 2. The summed E-state index contributed by atoms with van der Waals surface area (Å²) in [6.45, 7) is 4.46. The van der Waals surface area contributed by atoms with E-state index in [0.29, 0.717) is 29.7 Å². The molecule has 0 radical (unpaired) electrons. The topological polar surface area (TPSA) is 77.7 Å². The van der Waals surface area contributed by atoms with Gasteiger partial charge in [0.25, 0.3) is 11.8 Å². The van der Waals surface area contributed by atoms with E-state index in [0.717, 1.165) is 48.2 Å². The lowest BCUT2D eigenvalue weighted by Crippen LogP contribution is -2.49. The van der Waals surface area contributed by atoms with Gasteiger partial charge in [-0.25, -0.2) is 0 Å². The van der Waals surface area contributed by atoms with Gasteiger partial charge in [0.2, 0.25) is 0 Å². The lowest BCUT2D eigenvalue weighted by molar-refractivity contribution is -0.120. The Hall–Kier alpha value is -3.26. The average molecular weight is 541 g/mol. The Labute approximate surface area is 226 Å². The molecule has 0 atom stereocenters. The van der Waals surface area contributed by atoms with Crippen molar-refractivity contribution in [3.05, 3.63) is 87.7 Å². The highest BCUT2D eigenvalue weighted by Crippen LogP contribution is 2.28. The molecule has 0 spiro atoms. The largest absolute Gasteiger partial charge is 0.491 e. The van der Waals surface area contributed by atoms with Crippen molar-refractivity contribution in [1.29, 1.82) is 0 Å². The summed E-state index contributed by atoms with van der Waals surface area (Å²) < 4.78 is 5.26. The molecule has 0 saturated carbocycles. The predicted octanol–water partition coefficient (Wildman–Crippen LogP) is 4.98. The van der Waals surface area contributed by atoms with E-state index in [1.165, 1.54) is 7.11 Å². The molecule has 1 aliphatic heterocycles. The van der Waals surface area contributed by atoms with Gasteiger partial charge in [0.15, 0.2) is 5.76 Å². The molecule has 1 saturated heterocycles. The van der Waals surface area contributed by atoms with Crippen LogP contribution in [0.3, 0.4) is 0 Å². The highest BCUT2D eigenvalue weighted by molar-refractivity contribution is 6.42. The van der Waals surface area contributed by atoms with Gasteiger partial charge in [-0.05, 0) is 55.4 Å². The molecule has 3 aromatic rings. The Morgan fingerprint density at radius 3 is 2.51 bits per heavy atom. The summed E-state index contributed by atoms with van der Waals surface area (Å²) in [6.07, 6.45) is 6.04. The van der Waals surface area contributed by atoms with Crippen LogP contribution in [0.15, 0.2) is 66.4 Å². The first-order chi connectivity index (χ1) is 17.9. The summed E-state index contributed by atoms with van der Waals surface area (Å²) in [6, 6.07) is 14.9. The van der Waals surface area contributed by atoms with E-state index >= 15 is 0 Å². The van der Waals surface area contributed by atoms with Crippen molar-refractivity contribution in [2.24, 2.45) is 0 Å². The molecule has 1 aromatic heterocycles. The molecule has 7 nitrogen and oxygen atoms in total. The van der Waals surface area contributed by atoms with Gasteiger partial charge in [-0.2, -0.15) is 0 Å². The number of nitrogens with one attached hydrogen (secondary N) is 2. The number of piperazine rings is 1. The monoisotopic (exact) mass is 540 g/mol. The molecule has 2 N–H and O–H groups in total. The van der Waals surface area contributed by atoms with E-state index in [1.807, 2.05) is 47.4 Å². The molecular weight excluding hydrogens is 511 g/mol. The van der Waals surface area contributed by atoms with Crippen LogP contribution in [0.5, 0.6) is 0 Å². The van der Waals surface area contributed by atoms with E-state index < -0.39 is 0 Å². The van der Waals surface area contributed by atoms with Gasteiger partial charge < -0.3 is 19.9 Å². The number of hydrogen-bond acceptors (Lipinski definition) is 4. The Morgan fingerprint density at radius 1 is 1.05 bits per heavy atom. The minimum absolute atomic E-state index is 0.0822. The van der Waals surface area contributed by atoms with Crippen molar-refractivity contribution in [2.75, 3.05) is 46.4 Å². The number of hydrogen-bond donors (Lipinski definition) is 2. The molecule has 2 amide bonds. The van der Waals surface area contributed by atoms with Crippen LogP contribution < -0.4 is 5.32 Å². The molecule has 9 heteroatoms. The van der Waals surface area contributed by atoms with Crippen LogP contribution >= 0.6 is 23.2 Å². The van der Waals surface area contributed by atoms with Crippen LogP contribution in [0.2, 0.25) is 10.0 Å². The lowest BCUT2D eigenvalue weighted by Gasteiger charge is -2.34. The zero-order valence-corrected chi connectivity index (χ0v) is 22.2. The SMILES string of the molecule is COC(=CC=Cc1cc2cc(Cl)c(Cl)cc2[nH]1)C(=O)NCCCN1CCN(C(=O)c2ccccc2)CC1. The minimum atomic E-state index is -0.263. The standard InChI is InChI=1S/C28H30Cl2N4O3/c1-37-26(10-5-9-22-17-21-18-23(29)24(30)19-25(21)32-22)27(35)31-11-6-12-33-13-15-34(16-14-33)28(36)20-7-3-2-4-8-20/h2-5,7-10,17-19,32H,6,11-16H2,1H3,(H,31,35). The molecule has 194 valence electrons. The van der Waals surface area contributed by atoms with Crippen molar-refractivity contribution in [3.63, 3.8) is 0 Å². The first-order valence-electron chi connectivity index (χ1n) is 12.2. The predicted molar refractivity (Wildman–Crippen MR) is 149 cm³/mol. The summed E-state index contributed by atoms with van der Waals surface area (Å²) in [5, 5.41) is 4.85. The zero-order valence-electron chi connectivity index (χ0n) is 20.7. The fourth-order valence-corrected chi connectivity index (χ4v) is 4.58. The minimum Gasteiger partial charge on any atom is -0.491 e. The first kappa shape index (κ1) is 26.8. The first-order valence-corrected chi connectivity index (χ1v) is 12.9. The number of fused-ring (bicyclic) bond motifs is 1. The summed E-state index contributed by atoms with van der Waals surface area (Å²) >= 11 is 12.2. The molecule has 1 fully saturated rings. The number of rotatable bonds is 9. The van der Waals surface area contributed by atoms with Gasteiger partial charge in [0, 0.05) is 54.9 Å². The van der Waals surface area contributed by atoms with Crippen LogP contribution in [0.25, 0.3) is 17.0 Å². The third-order valence-electron chi connectivity index (χ3n) is 6.27. The summed E-state index contributed by atoms with van der Waals surface area (Å²) in [7, 11) is 1.47. The van der Waals surface area contributed by atoms with Crippen LogP contribution in [-0.4, -0.2) is 73.0 Å². The maximum atomic E-state index is 12.6. The number of carbonyl (C=O) groups is 2. The van der Waals surface area contributed by atoms with E-state index in [2.05, 4.69) is 15.2 Å². The third kappa shape index (κ3) is 7.16. The number of methoxy groups -OCH3 is 1. The number of amides is 2. The Kier molecular flexibility index (Phi) is 9.28. The van der Waals surface area contributed by atoms with Crippen molar-refractivity contribution in [1.82, 2.24) is 20.1 Å². The van der Waals surface area contributed by atoms with Gasteiger partial charge >= 0.3 is 0 Å². The zero-order chi connectivity index (χ0) is 26.2. The van der Waals surface area contributed by atoms with E-state index in [-0.39, 0.29) is 17.6 Å². The van der Waals surface area contributed by atoms with E-state index in [9.17, 15) is 9.59 Å². The Morgan fingerprint density at radius 2 is 1.78 bits per heavy atom. The highest BCUT2D eigenvalue weighted by Gasteiger charge is 2.21. The van der Waals surface area contributed by atoms with Gasteiger partial charge in [0.05, 0.1) is 17.2 Å². The van der Waals surface area contributed by atoms with Crippen LogP contribution in [0.4, 0.5) is 0 Å². The molecule has 2 heterocycles. The van der Waals surface area contributed by atoms with Crippen molar-refractivity contribution in [3.8, 4) is 0 Å². The fourth-order valence-electron chi connectivity index (χ4n) is 4.24. The smallest absolute Gasteiger partial charge is 0.286 e. The molecule has 2 aromatic carbocycles. The van der Waals surface area contributed by atoms with Crippen LogP contribution in [0, 0.1) is 0 Å². The molecule has 37 heavy (non-hydrogen) atoms. The molecule has 0 unspecified atom stereocenters. The molecule has 0 aliphatic carbocycles. The number of aromatic nitrogens is 1. The van der Waals surface area contributed by atoms with E-state index in [4.69, 9.17) is 27.9 Å². The Bertz CT molecular complexity index is 1260. The average Bonchev–Trinajstić information content (AvgIpc) is 3.30. The lowest BCUT2D eigenvalue weighted by atomic mass is 10.2. The van der Waals surface area contributed by atoms with Gasteiger partial charge in [0.1, 0.15) is 0 Å². The van der Waals surface area contributed by atoms with Gasteiger partial charge in [-0.3, -0.25) is 14.5 Å². The Balaban J connectivity index is 1.19. The number of halogens is 2. The second-order valence-electron chi connectivity index (χ2n) is 8.78. The van der Waals surface area contributed by atoms with Crippen molar-refractivity contribution >= 4 is 52.0 Å². The molecule has 0 bridgehead atoms. The highest BCUT2D eigenvalue weighted by atomic mass is 35.5. The summed E-state index contributed by atoms with van der Waals surface area (Å²) in [5.74, 6) is 0.0471. The van der Waals surface area contributed by atoms with Crippen molar-refractivity contribution < 1.29 is 14.3 Å². The normalized spacial score (nSPS) is 14.9. The molecular formula is C28H30Cl2N4O3. The number of carbonyl (C=O) groups excluding carboxylic acids is 2. The number of H-pyrrole nitrogens is 1. The summed E-state index contributed by atoms with van der Waals surface area (Å²) in [4.78, 5) is 32.5. The maximum Gasteiger partial charge on any atom is 0.286 e. The number of allylic oxidation sites excluding steroid dienone is 2. The number of aromatic amines is 1. The fraction of sp³-hybridized carbons (Fsp3) is 0.286. The van der Waals surface area contributed by atoms with Crippen LogP contribution in [0.1, 0.15) is 22.5 Å². The van der Waals surface area contributed by atoms with Gasteiger partial charge in [-0.1, -0.05) is 47.5 Å². The van der Waals surface area contributed by atoms with E-state index in [1.54, 1.807) is 24.3 Å². The molecule has 4 rings (SSSR count). The van der Waals surface area contributed by atoms with Crippen LogP contribution in [-0.2, 0) is 9.53 Å². The quantitative estimate of drug-likeness (QED) is 0.173. The number of ether oxygens (including phenoxy) is 1. The number of nitrogens with zero attached hydrogens (tertiary/aromatic N) is 2. The van der Waals surface area contributed by atoms with Crippen molar-refractivity contribution in [2.45, 2.75) is 6.42 Å². The molecule has 1 aliphatic rings. The summed E-state index contributed by atoms with van der Waals surface area (Å²) in [5.41, 5.74) is 2.46. The second-order valence-corrected chi connectivity index (χ2v) is 9.60. The third-order valence-corrected chi connectivity index (χ3v) is 6.99. The van der Waals surface area contributed by atoms with Gasteiger partial charge in [-0.15, -0.1) is 0 Å².